The largest absolute Gasteiger partial charge is 0.349 e. The van der Waals surface area contributed by atoms with Crippen molar-refractivity contribution in [2.75, 3.05) is 41.3 Å². The Kier molecular flexibility index (Phi) is 9.21. The van der Waals surface area contributed by atoms with E-state index in [1.54, 1.807) is 0 Å². The Morgan fingerprint density at radius 3 is 2.04 bits per heavy atom. The first kappa shape index (κ1) is 22.2. The lowest BCUT2D eigenvalue weighted by Gasteiger charge is -2.35. The second-order valence-corrected chi connectivity index (χ2v) is 7.81. The number of rotatable bonds is 4. The highest BCUT2D eigenvalue weighted by Gasteiger charge is 2.22. The molecule has 5 heteroatoms. The maximum Gasteiger partial charge on any atom is 0.195 e. The molecule has 1 fully saturated rings. The maximum absolute atomic E-state index is 4.83. The lowest BCUT2D eigenvalue weighted by atomic mass is 9.91. The molecule has 0 bridgehead atoms. The molecule has 1 heterocycles. The number of likely N-dealkylation sites (tertiary alicyclic amines) is 1. The monoisotopic (exact) mass is 458 g/mol. The molecule has 0 radical (unpaired) electrons. The summed E-state index contributed by atoms with van der Waals surface area (Å²) in [6.45, 7) is 8.95. The number of hydrogen-bond acceptors (Lipinski definition) is 2. The van der Waals surface area contributed by atoms with E-state index in [4.69, 9.17) is 4.99 Å². The van der Waals surface area contributed by atoms with Crippen molar-refractivity contribution >= 4 is 29.9 Å². The predicted molar refractivity (Wildman–Crippen MR) is 119 cm³/mol. The van der Waals surface area contributed by atoms with Gasteiger partial charge in [0.05, 0.1) is 6.54 Å². The minimum atomic E-state index is 0. The Labute approximate surface area is 171 Å². The fraction of sp³-hybridized carbons (Fsp3) is 0.650. The number of halogens is 1. The standard InChI is InChI=1S/C20H34N4.HI/c1-16-11-17(2)14-24(13-16)15-19-10-8-7-9-18(19)12-21-20(22(3)4)23(5)6;/h7-10,16-17H,11-15H2,1-6H3;1H. The van der Waals surface area contributed by atoms with Gasteiger partial charge in [0, 0.05) is 47.8 Å². The lowest BCUT2D eigenvalue weighted by molar-refractivity contribution is 0.134. The Bertz CT molecular complexity index is 536. The fourth-order valence-electron chi connectivity index (χ4n) is 3.87. The van der Waals surface area contributed by atoms with Gasteiger partial charge in [0.2, 0.25) is 0 Å². The zero-order valence-electron chi connectivity index (χ0n) is 16.7. The van der Waals surface area contributed by atoms with Crippen LogP contribution in [0.5, 0.6) is 0 Å². The van der Waals surface area contributed by atoms with Crippen LogP contribution >= 0.6 is 24.0 Å². The molecule has 2 atom stereocenters. The number of hydrogen-bond donors (Lipinski definition) is 0. The molecular formula is C20H35IN4. The molecule has 1 aliphatic heterocycles. The molecule has 0 amide bonds. The Morgan fingerprint density at radius 2 is 1.52 bits per heavy atom. The van der Waals surface area contributed by atoms with Crippen LogP contribution in [0.3, 0.4) is 0 Å². The van der Waals surface area contributed by atoms with Crippen molar-refractivity contribution in [3.63, 3.8) is 0 Å². The van der Waals surface area contributed by atoms with E-state index < -0.39 is 0 Å². The molecule has 1 aromatic rings. The minimum Gasteiger partial charge on any atom is -0.349 e. The fourth-order valence-corrected chi connectivity index (χ4v) is 3.87. The molecule has 142 valence electrons. The van der Waals surface area contributed by atoms with Crippen LogP contribution in [0.1, 0.15) is 31.4 Å². The number of aliphatic imine (C=N–C) groups is 1. The van der Waals surface area contributed by atoms with Gasteiger partial charge in [-0.3, -0.25) is 4.90 Å². The molecule has 2 rings (SSSR count). The Hall–Kier alpha value is -0.820. The lowest BCUT2D eigenvalue weighted by Crippen LogP contribution is -2.38. The van der Waals surface area contributed by atoms with Crippen molar-refractivity contribution in [3.8, 4) is 0 Å². The Morgan fingerprint density at radius 1 is 1.00 bits per heavy atom. The summed E-state index contributed by atoms with van der Waals surface area (Å²) in [6.07, 6.45) is 1.36. The molecule has 4 nitrogen and oxygen atoms in total. The van der Waals surface area contributed by atoms with Gasteiger partial charge in [-0.15, -0.1) is 24.0 Å². The number of piperidine rings is 1. The summed E-state index contributed by atoms with van der Waals surface area (Å²) < 4.78 is 0. The molecule has 2 unspecified atom stereocenters. The summed E-state index contributed by atoms with van der Waals surface area (Å²) in [5.41, 5.74) is 2.75. The van der Waals surface area contributed by atoms with Gasteiger partial charge in [-0.25, -0.2) is 4.99 Å². The molecule has 0 N–H and O–H groups in total. The molecule has 0 saturated carbocycles. The van der Waals surface area contributed by atoms with Gasteiger partial charge in [-0.1, -0.05) is 38.1 Å². The third-order valence-corrected chi connectivity index (χ3v) is 4.65. The second kappa shape index (κ2) is 10.4. The minimum absolute atomic E-state index is 0. The van der Waals surface area contributed by atoms with Crippen molar-refractivity contribution in [1.29, 1.82) is 0 Å². The van der Waals surface area contributed by atoms with Gasteiger partial charge >= 0.3 is 0 Å². The van der Waals surface area contributed by atoms with E-state index in [0.29, 0.717) is 0 Å². The molecular weight excluding hydrogens is 423 g/mol. The zero-order chi connectivity index (χ0) is 17.7. The highest BCUT2D eigenvalue weighted by atomic mass is 127. The topological polar surface area (TPSA) is 22.1 Å². The van der Waals surface area contributed by atoms with E-state index in [1.165, 1.54) is 30.6 Å². The number of nitrogens with zero attached hydrogens (tertiary/aromatic N) is 4. The van der Waals surface area contributed by atoms with E-state index in [9.17, 15) is 0 Å². The quantitative estimate of drug-likeness (QED) is 0.390. The summed E-state index contributed by atoms with van der Waals surface area (Å²) in [5, 5.41) is 0. The van der Waals surface area contributed by atoms with E-state index in [1.807, 2.05) is 28.2 Å². The first-order chi connectivity index (χ1) is 11.4. The van der Waals surface area contributed by atoms with Gasteiger partial charge in [-0.2, -0.15) is 0 Å². The van der Waals surface area contributed by atoms with Crippen LogP contribution < -0.4 is 0 Å². The summed E-state index contributed by atoms with van der Waals surface area (Å²) in [7, 11) is 8.17. The molecule has 0 aromatic heterocycles. The molecule has 0 aliphatic carbocycles. The number of benzene rings is 1. The first-order valence-electron chi connectivity index (χ1n) is 9.05. The normalized spacial score (nSPS) is 20.6. The van der Waals surface area contributed by atoms with E-state index in [2.05, 4.69) is 52.8 Å². The van der Waals surface area contributed by atoms with Gasteiger partial charge < -0.3 is 9.80 Å². The second-order valence-electron chi connectivity index (χ2n) is 7.81. The molecule has 0 spiro atoms. The van der Waals surface area contributed by atoms with Crippen molar-refractivity contribution < 1.29 is 0 Å². The van der Waals surface area contributed by atoms with Crippen LogP contribution in [0, 0.1) is 11.8 Å². The number of guanidine groups is 1. The van der Waals surface area contributed by atoms with Gasteiger partial charge in [-0.05, 0) is 29.4 Å². The summed E-state index contributed by atoms with van der Waals surface area (Å²) in [6, 6.07) is 8.76. The van der Waals surface area contributed by atoms with Crippen LogP contribution in [0.25, 0.3) is 0 Å². The highest BCUT2D eigenvalue weighted by molar-refractivity contribution is 14.0. The van der Waals surface area contributed by atoms with E-state index in [-0.39, 0.29) is 24.0 Å². The summed E-state index contributed by atoms with van der Waals surface area (Å²) in [4.78, 5) is 11.6. The Balaban J connectivity index is 0.00000312. The SMILES string of the molecule is CC1CC(C)CN(Cc2ccccc2CN=C(N(C)C)N(C)C)C1.I. The summed E-state index contributed by atoms with van der Waals surface area (Å²) >= 11 is 0. The van der Waals surface area contributed by atoms with Crippen LogP contribution in [-0.2, 0) is 13.1 Å². The third kappa shape index (κ3) is 6.77. The predicted octanol–water partition coefficient (Wildman–Crippen LogP) is 3.76. The zero-order valence-corrected chi connectivity index (χ0v) is 19.0. The van der Waals surface area contributed by atoms with Crippen molar-refractivity contribution in [3.05, 3.63) is 35.4 Å². The van der Waals surface area contributed by atoms with Crippen molar-refractivity contribution in [2.45, 2.75) is 33.4 Å². The average Bonchev–Trinajstić information content (AvgIpc) is 2.47. The molecule has 1 aromatic carbocycles. The molecule has 1 saturated heterocycles. The highest BCUT2D eigenvalue weighted by Crippen LogP contribution is 2.23. The maximum atomic E-state index is 4.83. The van der Waals surface area contributed by atoms with Crippen LogP contribution in [-0.4, -0.2) is 61.9 Å². The van der Waals surface area contributed by atoms with Gasteiger partial charge in [0.1, 0.15) is 0 Å². The van der Waals surface area contributed by atoms with Gasteiger partial charge in [0.15, 0.2) is 5.96 Å². The average molecular weight is 458 g/mol. The smallest absolute Gasteiger partial charge is 0.195 e. The van der Waals surface area contributed by atoms with E-state index in [0.717, 1.165) is 30.9 Å². The first-order valence-corrected chi connectivity index (χ1v) is 9.05. The van der Waals surface area contributed by atoms with Crippen LogP contribution in [0.4, 0.5) is 0 Å². The van der Waals surface area contributed by atoms with Crippen LogP contribution in [0.2, 0.25) is 0 Å². The van der Waals surface area contributed by atoms with Crippen molar-refractivity contribution in [2.24, 2.45) is 16.8 Å². The van der Waals surface area contributed by atoms with Gasteiger partial charge in [0.25, 0.3) is 0 Å². The summed E-state index contributed by atoms with van der Waals surface area (Å²) in [5.74, 6) is 2.60. The van der Waals surface area contributed by atoms with Crippen molar-refractivity contribution in [1.82, 2.24) is 14.7 Å². The van der Waals surface area contributed by atoms with Crippen LogP contribution in [0.15, 0.2) is 29.3 Å². The molecule has 25 heavy (non-hydrogen) atoms. The third-order valence-electron chi connectivity index (χ3n) is 4.65. The molecule has 1 aliphatic rings. The van der Waals surface area contributed by atoms with E-state index >= 15 is 0 Å².